The third-order valence-corrected chi connectivity index (χ3v) is 10.0. The number of unbranched alkanes of at least 4 members (excludes halogenated alkanes) is 1. The fraction of sp³-hybridized carbons (Fsp3) is 0.484. The predicted molar refractivity (Wildman–Crippen MR) is 158 cm³/mol. The van der Waals surface area contributed by atoms with Crippen LogP contribution in [0.15, 0.2) is 41.8 Å². The number of hydrogen-bond acceptors (Lipinski definition) is 8. The van der Waals surface area contributed by atoms with Crippen molar-refractivity contribution < 1.29 is 26.9 Å². The third-order valence-electron chi connectivity index (χ3n) is 7.79. The highest BCUT2D eigenvalue weighted by Crippen LogP contribution is 2.36. The van der Waals surface area contributed by atoms with Crippen LogP contribution >= 0.6 is 11.3 Å². The first-order valence-corrected chi connectivity index (χ1v) is 16.7. The third kappa shape index (κ3) is 7.35. The van der Waals surface area contributed by atoms with E-state index in [1.165, 1.54) is 5.56 Å². The van der Waals surface area contributed by atoms with Crippen LogP contribution in [0.1, 0.15) is 83.3 Å². The zero-order valence-corrected chi connectivity index (χ0v) is 25.6. The molecule has 0 radical (unpaired) electrons. The molecule has 1 aromatic heterocycles. The Balaban J connectivity index is 1.18. The summed E-state index contributed by atoms with van der Waals surface area (Å²) in [6.07, 6.45) is 2.85. The summed E-state index contributed by atoms with van der Waals surface area (Å²) in [7, 11) is -3.68. The summed E-state index contributed by atoms with van der Waals surface area (Å²) in [6.45, 7) is 7.92. The second-order valence-electron chi connectivity index (χ2n) is 10.9. The van der Waals surface area contributed by atoms with Crippen molar-refractivity contribution in [2.24, 2.45) is 0 Å². The van der Waals surface area contributed by atoms with E-state index in [-0.39, 0.29) is 30.8 Å². The number of carbonyl (C=O) groups excluding carboxylic acids is 1. The number of aromatic nitrogens is 1. The number of hydrogen-bond donors (Lipinski definition) is 0. The fourth-order valence-corrected chi connectivity index (χ4v) is 7.42. The molecule has 2 aliphatic heterocycles. The second kappa shape index (κ2) is 13.0. The number of benzene rings is 2. The highest BCUT2D eigenvalue weighted by atomic mass is 32.2. The van der Waals surface area contributed by atoms with E-state index < -0.39 is 16.4 Å². The quantitative estimate of drug-likeness (QED) is 0.280. The van der Waals surface area contributed by atoms with Gasteiger partial charge in [-0.05, 0) is 55.9 Å². The lowest BCUT2D eigenvalue weighted by Crippen LogP contribution is -2.38. The molecule has 1 amide bonds. The second-order valence-corrected chi connectivity index (χ2v) is 13.5. The summed E-state index contributed by atoms with van der Waals surface area (Å²) in [4.78, 5) is 19.8. The van der Waals surface area contributed by atoms with E-state index in [4.69, 9.17) is 18.6 Å². The Morgan fingerprint density at radius 2 is 1.90 bits per heavy atom. The maximum atomic E-state index is 13.0. The summed E-state index contributed by atoms with van der Waals surface area (Å²) in [5, 5.41) is 3.00. The molecule has 5 rings (SSSR count). The molecule has 1 fully saturated rings. The van der Waals surface area contributed by atoms with Gasteiger partial charge in [0.1, 0.15) is 11.4 Å². The van der Waals surface area contributed by atoms with Gasteiger partial charge in [-0.15, -0.1) is 11.3 Å². The molecule has 220 valence electrons. The number of piperidine rings is 1. The highest BCUT2D eigenvalue weighted by molar-refractivity contribution is 7.87. The summed E-state index contributed by atoms with van der Waals surface area (Å²) < 4.78 is 42.4. The van der Waals surface area contributed by atoms with Crippen LogP contribution in [-0.4, -0.2) is 43.1 Å². The van der Waals surface area contributed by atoms with E-state index in [0.29, 0.717) is 29.8 Å². The van der Waals surface area contributed by atoms with Crippen molar-refractivity contribution in [1.82, 2.24) is 9.88 Å². The van der Waals surface area contributed by atoms with Gasteiger partial charge in [-0.1, -0.05) is 49.2 Å². The van der Waals surface area contributed by atoms with E-state index in [2.05, 4.69) is 32.0 Å². The Labute approximate surface area is 246 Å². The zero-order chi connectivity index (χ0) is 29.0. The van der Waals surface area contributed by atoms with Crippen LogP contribution in [0, 0.1) is 13.8 Å². The first-order valence-electron chi connectivity index (χ1n) is 14.3. The topological polar surface area (TPSA) is 95.0 Å². The zero-order valence-electron chi connectivity index (χ0n) is 23.9. The maximum absolute atomic E-state index is 13.0. The fourth-order valence-electron chi connectivity index (χ4n) is 5.27. The maximum Gasteiger partial charge on any atom is 0.309 e. The molecule has 1 saturated heterocycles. The van der Waals surface area contributed by atoms with Crippen molar-refractivity contribution in [3.63, 3.8) is 0 Å². The molecule has 0 saturated carbocycles. The van der Waals surface area contributed by atoms with Gasteiger partial charge in [0.15, 0.2) is 0 Å². The predicted octanol–water partition coefficient (Wildman–Crippen LogP) is 5.96. The summed E-state index contributed by atoms with van der Waals surface area (Å²) >= 11 is 1.60. The molecule has 0 bridgehead atoms. The van der Waals surface area contributed by atoms with Crippen LogP contribution in [0.4, 0.5) is 0 Å². The molecule has 41 heavy (non-hydrogen) atoms. The molecule has 0 aliphatic carbocycles. The molecule has 2 aliphatic rings. The molecule has 3 aromatic rings. The minimum Gasteiger partial charge on any atom is -0.382 e. The largest absolute Gasteiger partial charge is 0.382 e. The van der Waals surface area contributed by atoms with Crippen LogP contribution < -0.4 is 4.18 Å². The first kappa shape index (κ1) is 29.7. The standard InChI is InChI=1S/C31H38N2O6S2/c1-4-5-15-41(35,36)39-28-8-6-7-24-18-37-31(38-19-26(24)28)27-20-40-30(32-27)23-11-13-33(14-12-23)29(34)17-25-16-21(2)9-10-22(25)3/h6-10,16,20,23,31H,4-5,11-15,17-19H2,1-3H3. The van der Waals surface area contributed by atoms with E-state index in [1.54, 1.807) is 23.5 Å². The Bertz CT molecular complexity index is 1480. The lowest BCUT2D eigenvalue weighted by atomic mass is 9.96. The first-order chi connectivity index (χ1) is 19.7. The number of ether oxygens (including phenoxy) is 2. The van der Waals surface area contributed by atoms with Crippen molar-refractivity contribution in [2.45, 2.75) is 78.3 Å². The molecular formula is C31H38N2O6S2. The van der Waals surface area contributed by atoms with Crippen molar-refractivity contribution in [2.75, 3.05) is 18.8 Å². The van der Waals surface area contributed by atoms with Crippen molar-refractivity contribution in [3.05, 3.63) is 80.3 Å². The molecule has 8 nitrogen and oxygen atoms in total. The van der Waals surface area contributed by atoms with Gasteiger partial charge in [0, 0.05) is 30.0 Å². The number of likely N-dealkylation sites (tertiary alicyclic amines) is 1. The number of thiazole rings is 1. The van der Waals surface area contributed by atoms with Crippen molar-refractivity contribution in [1.29, 1.82) is 0 Å². The minimum atomic E-state index is -3.68. The van der Waals surface area contributed by atoms with Gasteiger partial charge in [-0.3, -0.25) is 4.79 Å². The lowest BCUT2D eigenvalue weighted by Gasteiger charge is -2.31. The van der Waals surface area contributed by atoms with E-state index in [9.17, 15) is 13.2 Å². The van der Waals surface area contributed by atoms with Crippen LogP contribution in [0.2, 0.25) is 0 Å². The Kier molecular flexibility index (Phi) is 9.43. The van der Waals surface area contributed by atoms with E-state index in [0.717, 1.165) is 54.0 Å². The van der Waals surface area contributed by atoms with Crippen molar-refractivity contribution >= 4 is 27.4 Å². The molecule has 0 spiro atoms. The molecule has 2 aromatic carbocycles. The number of amides is 1. The van der Waals surface area contributed by atoms with Crippen molar-refractivity contribution in [3.8, 4) is 5.75 Å². The Morgan fingerprint density at radius 3 is 2.68 bits per heavy atom. The molecule has 1 unspecified atom stereocenters. The lowest BCUT2D eigenvalue weighted by molar-refractivity contribution is -0.155. The highest BCUT2D eigenvalue weighted by Gasteiger charge is 2.29. The normalized spacial score (nSPS) is 18.1. The van der Waals surface area contributed by atoms with E-state index >= 15 is 0 Å². The summed E-state index contributed by atoms with van der Waals surface area (Å²) in [6, 6.07) is 11.6. The van der Waals surface area contributed by atoms with Crippen LogP contribution in [0.25, 0.3) is 0 Å². The van der Waals surface area contributed by atoms with Crippen LogP contribution in [0.5, 0.6) is 5.75 Å². The number of carbonyl (C=O) groups is 1. The molecule has 0 N–H and O–H groups in total. The molecule has 10 heteroatoms. The smallest absolute Gasteiger partial charge is 0.309 e. The minimum absolute atomic E-state index is 0.0196. The van der Waals surface area contributed by atoms with Gasteiger partial charge in [-0.2, -0.15) is 8.42 Å². The van der Waals surface area contributed by atoms with Gasteiger partial charge in [-0.25, -0.2) is 4.98 Å². The SMILES string of the molecule is CCCCS(=O)(=O)Oc1cccc2c1COC(c1csc(C3CCN(C(=O)Cc4cc(C)ccc4C)CC3)n1)OC2. The average Bonchev–Trinajstić information content (AvgIpc) is 3.34. The van der Waals surface area contributed by atoms with Gasteiger partial charge in [0.05, 0.1) is 30.4 Å². The summed E-state index contributed by atoms with van der Waals surface area (Å²) in [5.74, 6) is 0.739. The van der Waals surface area contributed by atoms with E-state index in [1.807, 2.05) is 23.3 Å². The van der Waals surface area contributed by atoms with Crippen LogP contribution in [-0.2, 0) is 44.0 Å². The van der Waals surface area contributed by atoms with Gasteiger partial charge in [0.25, 0.3) is 0 Å². The summed E-state index contributed by atoms with van der Waals surface area (Å²) in [5.41, 5.74) is 5.66. The molecule has 1 atom stereocenters. The Morgan fingerprint density at radius 1 is 1.12 bits per heavy atom. The average molecular weight is 599 g/mol. The number of rotatable bonds is 9. The van der Waals surface area contributed by atoms with Crippen LogP contribution in [0.3, 0.4) is 0 Å². The monoisotopic (exact) mass is 598 g/mol. The molecular weight excluding hydrogens is 560 g/mol. The number of nitrogens with zero attached hydrogens (tertiary/aromatic N) is 2. The van der Waals surface area contributed by atoms with Gasteiger partial charge >= 0.3 is 10.1 Å². The van der Waals surface area contributed by atoms with Gasteiger partial charge in [0.2, 0.25) is 12.2 Å². The van der Waals surface area contributed by atoms with Gasteiger partial charge < -0.3 is 18.6 Å². The Hall–Kier alpha value is -2.79. The molecule has 3 heterocycles. The number of fused-ring (bicyclic) bond motifs is 1. The number of aryl methyl sites for hydroxylation is 2.